The van der Waals surface area contributed by atoms with E-state index in [1.807, 2.05) is 0 Å². The van der Waals surface area contributed by atoms with E-state index < -0.39 is 11.8 Å². The second-order valence-corrected chi connectivity index (χ2v) is 2.07. The Kier molecular flexibility index (Phi) is 1.06. The molecular weight excluding hydrogens is 112 g/mol. The van der Waals surface area contributed by atoms with Crippen LogP contribution in [-0.4, -0.2) is 19.2 Å². The van der Waals surface area contributed by atoms with Gasteiger partial charge in [-0.1, -0.05) is 0 Å². The van der Waals surface area contributed by atoms with Gasteiger partial charge in [-0.15, -0.1) is 0 Å². The van der Waals surface area contributed by atoms with Gasteiger partial charge in [0.25, 0.3) is 5.92 Å². The van der Waals surface area contributed by atoms with Gasteiger partial charge in [-0.3, -0.25) is 0 Å². The highest BCUT2D eigenvalue weighted by Gasteiger charge is 2.56. The van der Waals surface area contributed by atoms with Gasteiger partial charge in [0.2, 0.25) is 0 Å². The number of nitrogens with zero attached hydrogens (tertiary/aromatic N) is 1. The zero-order chi connectivity index (χ0) is 6.20. The Hall–Kier alpha value is -0.470. The summed E-state index contributed by atoms with van der Waals surface area (Å²) in [7, 11) is 0. The molecule has 0 saturated heterocycles. The van der Waals surface area contributed by atoms with Gasteiger partial charge < -0.3 is 4.99 Å². The third-order valence-electron chi connectivity index (χ3n) is 1.31. The predicted molar refractivity (Wildman–Crippen MR) is 27.5 cm³/mol. The molecule has 0 amide bonds. The van der Waals surface area contributed by atoms with E-state index in [9.17, 15) is 8.78 Å². The fourth-order valence-corrected chi connectivity index (χ4v) is 0.624. The van der Waals surface area contributed by atoms with Crippen LogP contribution in [0, 0.1) is 5.92 Å². The number of aliphatic imine (C=N–C) groups is 1. The molecule has 0 aromatic heterocycles. The SMILES string of the molecule is C=NCC1CC1(F)F. The first-order valence-electron chi connectivity index (χ1n) is 2.47. The van der Waals surface area contributed by atoms with Gasteiger partial charge in [-0.05, 0) is 6.72 Å². The van der Waals surface area contributed by atoms with Gasteiger partial charge in [0.15, 0.2) is 0 Å². The molecule has 1 unspecified atom stereocenters. The molecule has 0 aliphatic heterocycles. The largest absolute Gasteiger partial charge is 0.300 e. The molecule has 1 nitrogen and oxygen atoms in total. The minimum Gasteiger partial charge on any atom is -0.300 e. The fraction of sp³-hybridized carbons (Fsp3) is 0.800. The monoisotopic (exact) mass is 119 g/mol. The van der Waals surface area contributed by atoms with E-state index in [1.165, 1.54) is 0 Å². The molecule has 1 saturated carbocycles. The van der Waals surface area contributed by atoms with Crippen molar-refractivity contribution in [3.05, 3.63) is 0 Å². The molecule has 46 valence electrons. The standard InChI is InChI=1S/C5H7F2N/c1-8-3-4-2-5(4,6)7/h4H,1-3H2. The van der Waals surface area contributed by atoms with Crippen LogP contribution in [-0.2, 0) is 0 Å². The Bertz CT molecular complexity index is 111. The molecule has 0 aromatic rings. The third kappa shape index (κ3) is 0.854. The van der Waals surface area contributed by atoms with Crippen LogP contribution in [0.15, 0.2) is 4.99 Å². The highest BCUT2D eigenvalue weighted by atomic mass is 19.3. The van der Waals surface area contributed by atoms with Crippen LogP contribution in [0.1, 0.15) is 6.42 Å². The summed E-state index contributed by atoms with van der Waals surface area (Å²) >= 11 is 0. The third-order valence-corrected chi connectivity index (χ3v) is 1.31. The maximum atomic E-state index is 11.9. The topological polar surface area (TPSA) is 12.4 Å². The molecule has 8 heavy (non-hydrogen) atoms. The summed E-state index contributed by atoms with van der Waals surface area (Å²) in [6.45, 7) is 3.34. The lowest BCUT2D eigenvalue weighted by Crippen LogP contribution is -1.95. The van der Waals surface area contributed by atoms with Gasteiger partial charge in [0.1, 0.15) is 0 Å². The minimum absolute atomic E-state index is 0.00597. The molecule has 0 radical (unpaired) electrons. The van der Waals surface area contributed by atoms with Crippen LogP contribution < -0.4 is 0 Å². The molecule has 0 aromatic carbocycles. The van der Waals surface area contributed by atoms with E-state index in [-0.39, 0.29) is 13.0 Å². The van der Waals surface area contributed by atoms with E-state index in [4.69, 9.17) is 0 Å². The normalized spacial score (nSPS) is 32.0. The first kappa shape index (κ1) is 5.66. The van der Waals surface area contributed by atoms with Crippen LogP contribution in [0.2, 0.25) is 0 Å². The van der Waals surface area contributed by atoms with Crippen molar-refractivity contribution < 1.29 is 8.78 Å². The lowest BCUT2D eigenvalue weighted by atomic mass is 10.4. The van der Waals surface area contributed by atoms with E-state index in [0.717, 1.165) is 0 Å². The first-order chi connectivity index (χ1) is 3.67. The number of alkyl halides is 2. The van der Waals surface area contributed by atoms with Crippen molar-refractivity contribution in [3.63, 3.8) is 0 Å². The van der Waals surface area contributed by atoms with Gasteiger partial charge >= 0.3 is 0 Å². The maximum absolute atomic E-state index is 11.9. The molecule has 1 atom stereocenters. The van der Waals surface area contributed by atoms with Gasteiger partial charge in [-0.25, -0.2) is 8.78 Å². The highest BCUT2D eigenvalue weighted by Crippen LogP contribution is 2.48. The van der Waals surface area contributed by atoms with Crippen LogP contribution in [0.5, 0.6) is 0 Å². The Morgan fingerprint density at radius 1 is 1.75 bits per heavy atom. The summed E-state index contributed by atoms with van der Waals surface area (Å²) in [5.74, 6) is -2.92. The number of rotatable bonds is 2. The summed E-state index contributed by atoms with van der Waals surface area (Å²) in [4.78, 5) is 3.36. The van der Waals surface area contributed by atoms with Crippen molar-refractivity contribution in [1.29, 1.82) is 0 Å². The van der Waals surface area contributed by atoms with Crippen molar-refractivity contribution in [2.24, 2.45) is 10.9 Å². The average molecular weight is 119 g/mol. The van der Waals surface area contributed by atoms with E-state index >= 15 is 0 Å². The van der Waals surface area contributed by atoms with E-state index in [1.54, 1.807) is 0 Å². The smallest absolute Gasteiger partial charge is 0.253 e. The van der Waals surface area contributed by atoms with Crippen LogP contribution >= 0.6 is 0 Å². The first-order valence-corrected chi connectivity index (χ1v) is 2.47. The van der Waals surface area contributed by atoms with Gasteiger partial charge in [0.05, 0.1) is 0 Å². The Morgan fingerprint density at radius 2 is 2.25 bits per heavy atom. The molecule has 0 heterocycles. The Labute approximate surface area is 46.4 Å². The zero-order valence-corrected chi connectivity index (χ0v) is 4.40. The van der Waals surface area contributed by atoms with E-state index in [2.05, 4.69) is 11.7 Å². The minimum atomic E-state index is -2.42. The molecule has 1 aliphatic rings. The predicted octanol–water partition coefficient (Wildman–Crippen LogP) is 1.34. The van der Waals surface area contributed by atoms with E-state index in [0.29, 0.717) is 0 Å². The van der Waals surface area contributed by atoms with Gasteiger partial charge in [0, 0.05) is 18.9 Å². The molecule has 0 bridgehead atoms. The molecule has 1 rings (SSSR count). The van der Waals surface area contributed by atoms with Crippen molar-refractivity contribution in [2.75, 3.05) is 6.54 Å². The molecule has 3 heteroatoms. The van der Waals surface area contributed by atoms with Crippen molar-refractivity contribution in [2.45, 2.75) is 12.3 Å². The highest BCUT2D eigenvalue weighted by molar-refractivity contribution is 5.23. The van der Waals surface area contributed by atoms with Crippen LogP contribution in [0.3, 0.4) is 0 Å². The van der Waals surface area contributed by atoms with Crippen molar-refractivity contribution in [1.82, 2.24) is 0 Å². The lowest BCUT2D eigenvalue weighted by Gasteiger charge is -1.88. The quantitative estimate of drug-likeness (QED) is 0.486. The molecule has 0 N–H and O–H groups in total. The average Bonchev–Trinajstić information content (AvgIpc) is 2.15. The lowest BCUT2D eigenvalue weighted by molar-refractivity contribution is 0.101. The summed E-state index contributed by atoms with van der Waals surface area (Å²) < 4.78 is 23.8. The zero-order valence-electron chi connectivity index (χ0n) is 4.40. The molecular formula is C5H7F2N. The Morgan fingerprint density at radius 3 is 2.38 bits per heavy atom. The fourth-order valence-electron chi connectivity index (χ4n) is 0.624. The molecule has 0 spiro atoms. The van der Waals surface area contributed by atoms with Gasteiger partial charge in [-0.2, -0.15) is 0 Å². The number of hydrogen-bond acceptors (Lipinski definition) is 1. The van der Waals surface area contributed by atoms with Crippen LogP contribution in [0.25, 0.3) is 0 Å². The molecule has 1 aliphatic carbocycles. The maximum Gasteiger partial charge on any atom is 0.253 e. The van der Waals surface area contributed by atoms with Crippen molar-refractivity contribution in [3.8, 4) is 0 Å². The number of hydrogen-bond donors (Lipinski definition) is 0. The summed E-state index contributed by atoms with van der Waals surface area (Å²) in [6.07, 6.45) is 0.00597. The second-order valence-electron chi connectivity index (χ2n) is 2.07. The number of halogens is 2. The molecule has 1 fully saturated rings. The van der Waals surface area contributed by atoms with Crippen LogP contribution in [0.4, 0.5) is 8.78 Å². The summed E-state index contributed by atoms with van der Waals surface area (Å²) in [5, 5.41) is 0. The Balaban J connectivity index is 2.26. The summed E-state index contributed by atoms with van der Waals surface area (Å²) in [5.41, 5.74) is 0. The second kappa shape index (κ2) is 1.50. The summed E-state index contributed by atoms with van der Waals surface area (Å²) in [6, 6.07) is 0. The van der Waals surface area contributed by atoms with Crippen molar-refractivity contribution >= 4 is 6.72 Å².